The Morgan fingerprint density at radius 3 is 2.91 bits per heavy atom. The molecule has 1 aromatic rings. The van der Waals surface area contributed by atoms with Gasteiger partial charge in [-0.05, 0) is 45.9 Å². The molecule has 0 saturated heterocycles. The molecule has 1 aliphatic rings. The summed E-state index contributed by atoms with van der Waals surface area (Å²) in [6.45, 7) is 8.12. The van der Waals surface area contributed by atoms with Crippen LogP contribution in [-0.2, 0) is 11.2 Å². The van der Waals surface area contributed by atoms with Gasteiger partial charge in [0.05, 0.1) is 6.61 Å². The molecule has 0 saturated carbocycles. The maximum absolute atomic E-state index is 12.1. The average Bonchev–Trinajstić information content (AvgIpc) is 2.83. The molecule has 0 radical (unpaired) electrons. The second-order valence-electron chi connectivity index (χ2n) is 5.86. The number of amides is 1. The molecule has 1 aliphatic heterocycles. The molecule has 0 aromatic heterocycles. The van der Waals surface area contributed by atoms with Crippen LogP contribution in [0.25, 0.3) is 6.08 Å². The van der Waals surface area contributed by atoms with Crippen molar-refractivity contribution in [2.45, 2.75) is 46.3 Å². The lowest BCUT2D eigenvalue weighted by Gasteiger charge is -2.11. The third kappa shape index (κ3) is 4.04. The zero-order chi connectivity index (χ0) is 17.0. The zero-order valence-electron chi connectivity index (χ0n) is 14.0. The number of hydrogen-bond acceptors (Lipinski definition) is 4. The lowest BCUT2D eigenvalue weighted by molar-refractivity contribution is -0.117. The van der Waals surface area contributed by atoms with Crippen LogP contribution >= 0.6 is 0 Å². The van der Waals surface area contributed by atoms with E-state index in [0.29, 0.717) is 17.9 Å². The van der Waals surface area contributed by atoms with Gasteiger partial charge in [0.25, 0.3) is 5.91 Å². The van der Waals surface area contributed by atoms with E-state index < -0.39 is 0 Å². The van der Waals surface area contributed by atoms with Gasteiger partial charge in [-0.3, -0.25) is 4.79 Å². The highest BCUT2D eigenvalue weighted by molar-refractivity contribution is 6.02. The molecule has 0 aliphatic carbocycles. The Morgan fingerprint density at radius 1 is 1.57 bits per heavy atom. The number of ether oxygens (including phenoxy) is 2. The Hall–Kier alpha value is -2.48. The van der Waals surface area contributed by atoms with Crippen molar-refractivity contribution in [1.29, 1.82) is 5.26 Å². The van der Waals surface area contributed by atoms with Gasteiger partial charge in [0.1, 0.15) is 29.2 Å². The molecule has 5 heteroatoms. The highest BCUT2D eigenvalue weighted by atomic mass is 16.5. The van der Waals surface area contributed by atoms with Crippen LogP contribution in [-0.4, -0.2) is 24.7 Å². The first-order valence-corrected chi connectivity index (χ1v) is 7.83. The van der Waals surface area contributed by atoms with Gasteiger partial charge in [-0.2, -0.15) is 5.26 Å². The minimum absolute atomic E-state index is 0.0326. The van der Waals surface area contributed by atoms with Gasteiger partial charge >= 0.3 is 0 Å². The number of nitrogens with zero attached hydrogens (tertiary/aromatic N) is 1. The number of rotatable bonds is 5. The number of nitrogens with one attached hydrogen (secondary N) is 1. The second kappa shape index (κ2) is 7.19. The van der Waals surface area contributed by atoms with Crippen LogP contribution in [0.15, 0.2) is 17.7 Å². The summed E-state index contributed by atoms with van der Waals surface area (Å²) in [6.07, 6.45) is 2.51. The van der Waals surface area contributed by atoms with E-state index in [1.54, 1.807) is 6.08 Å². The second-order valence-corrected chi connectivity index (χ2v) is 5.86. The van der Waals surface area contributed by atoms with Gasteiger partial charge in [0, 0.05) is 23.6 Å². The monoisotopic (exact) mass is 314 g/mol. The van der Waals surface area contributed by atoms with Gasteiger partial charge in [0.2, 0.25) is 0 Å². The number of nitriles is 1. The van der Waals surface area contributed by atoms with Crippen molar-refractivity contribution in [3.8, 4) is 17.6 Å². The van der Waals surface area contributed by atoms with Crippen LogP contribution in [0.3, 0.4) is 0 Å². The predicted octanol–water partition coefficient (Wildman–Crippen LogP) is 2.84. The SMILES string of the molecule is CCOc1cc2c(cc1/C=C(\C#N)C(=O)NC(C)C)O[C@@H](C)C2. The summed E-state index contributed by atoms with van der Waals surface area (Å²) in [5, 5.41) is 12.0. The van der Waals surface area contributed by atoms with E-state index in [2.05, 4.69) is 5.32 Å². The van der Waals surface area contributed by atoms with E-state index in [-0.39, 0.29) is 23.6 Å². The molecule has 5 nitrogen and oxygen atoms in total. The summed E-state index contributed by atoms with van der Waals surface area (Å²) in [4.78, 5) is 12.1. The fraction of sp³-hybridized carbons (Fsp3) is 0.444. The van der Waals surface area contributed by atoms with Gasteiger partial charge in [-0.1, -0.05) is 0 Å². The van der Waals surface area contributed by atoms with Crippen LogP contribution in [0.1, 0.15) is 38.8 Å². The number of carbonyl (C=O) groups excluding carboxylic acids is 1. The Bertz CT molecular complexity index is 672. The number of carbonyl (C=O) groups is 1. The Kier molecular flexibility index (Phi) is 5.28. The minimum Gasteiger partial charge on any atom is -0.493 e. The highest BCUT2D eigenvalue weighted by Crippen LogP contribution is 2.36. The molecule has 1 heterocycles. The fourth-order valence-electron chi connectivity index (χ4n) is 2.49. The van der Waals surface area contributed by atoms with Crippen molar-refractivity contribution >= 4 is 12.0 Å². The van der Waals surface area contributed by atoms with Crippen molar-refractivity contribution in [1.82, 2.24) is 5.32 Å². The summed E-state index contributed by atoms with van der Waals surface area (Å²) < 4.78 is 11.4. The summed E-state index contributed by atoms with van der Waals surface area (Å²) in [6, 6.07) is 5.69. The molecule has 2 rings (SSSR count). The molecule has 1 atom stereocenters. The largest absolute Gasteiger partial charge is 0.493 e. The van der Waals surface area contributed by atoms with Gasteiger partial charge < -0.3 is 14.8 Å². The zero-order valence-corrected chi connectivity index (χ0v) is 14.0. The predicted molar refractivity (Wildman–Crippen MR) is 88.3 cm³/mol. The first kappa shape index (κ1) is 16.9. The molecule has 1 N–H and O–H groups in total. The molecule has 1 aromatic carbocycles. The van der Waals surface area contributed by atoms with Gasteiger partial charge in [-0.15, -0.1) is 0 Å². The smallest absolute Gasteiger partial charge is 0.262 e. The van der Waals surface area contributed by atoms with Crippen molar-refractivity contribution < 1.29 is 14.3 Å². The summed E-state index contributed by atoms with van der Waals surface area (Å²) in [5.74, 6) is 1.06. The molecule has 0 fully saturated rings. The van der Waals surface area contributed by atoms with Crippen LogP contribution < -0.4 is 14.8 Å². The molecular formula is C18H22N2O3. The molecule has 1 amide bonds. The van der Waals surface area contributed by atoms with Crippen molar-refractivity contribution in [2.75, 3.05) is 6.61 Å². The third-order valence-corrected chi connectivity index (χ3v) is 3.41. The Labute approximate surface area is 136 Å². The average molecular weight is 314 g/mol. The Balaban J connectivity index is 2.41. The molecule has 0 bridgehead atoms. The normalized spacial score (nSPS) is 16.5. The van der Waals surface area contributed by atoms with Crippen molar-refractivity contribution in [2.24, 2.45) is 0 Å². The molecule has 0 unspecified atom stereocenters. The van der Waals surface area contributed by atoms with E-state index in [4.69, 9.17) is 9.47 Å². The van der Waals surface area contributed by atoms with E-state index in [9.17, 15) is 10.1 Å². The number of hydrogen-bond donors (Lipinski definition) is 1. The maximum atomic E-state index is 12.1. The summed E-state index contributed by atoms with van der Waals surface area (Å²) in [5.41, 5.74) is 1.81. The van der Waals surface area contributed by atoms with E-state index in [1.165, 1.54) is 0 Å². The van der Waals surface area contributed by atoms with Crippen LogP contribution in [0, 0.1) is 11.3 Å². The van der Waals surface area contributed by atoms with E-state index in [1.807, 2.05) is 45.9 Å². The lowest BCUT2D eigenvalue weighted by Crippen LogP contribution is -2.30. The summed E-state index contributed by atoms with van der Waals surface area (Å²) >= 11 is 0. The van der Waals surface area contributed by atoms with E-state index >= 15 is 0 Å². The minimum atomic E-state index is -0.389. The van der Waals surface area contributed by atoms with Crippen LogP contribution in [0.5, 0.6) is 11.5 Å². The molecule has 23 heavy (non-hydrogen) atoms. The third-order valence-electron chi connectivity index (χ3n) is 3.41. The van der Waals surface area contributed by atoms with Crippen LogP contribution in [0.4, 0.5) is 0 Å². The first-order chi connectivity index (χ1) is 10.9. The number of fused-ring (bicyclic) bond motifs is 1. The Morgan fingerprint density at radius 2 is 2.30 bits per heavy atom. The molecular weight excluding hydrogens is 292 g/mol. The first-order valence-electron chi connectivity index (χ1n) is 7.83. The van der Waals surface area contributed by atoms with Crippen LogP contribution in [0.2, 0.25) is 0 Å². The quantitative estimate of drug-likeness (QED) is 0.670. The standard InChI is InChI=1S/C18H22N2O3/c1-5-22-16-8-13-6-12(4)23-17(13)9-14(16)7-15(10-19)18(21)20-11(2)3/h7-9,11-12H,5-6H2,1-4H3,(H,20,21)/b15-7+/t12-/m0/s1. The van der Waals surface area contributed by atoms with Crippen molar-refractivity contribution in [3.63, 3.8) is 0 Å². The molecule has 122 valence electrons. The van der Waals surface area contributed by atoms with Gasteiger partial charge in [-0.25, -0.2) is 0 Å². The summed E-state index contributed by atoms with van der Waals surface area (Å²) in [7, 11) is 0. The molecule has 0 spiro atoms. The number of benzene rings is 1. The van der Waals surface area contributed by atoms with E-state index in [0.717, 1.165) is 17.7 Å². The highest BCUT2D eigenvalue weighted by Gasteiger charge is 2.22. The topological polar surface area (TPSA) is 71.3 Å². The van der Waals surface area contributed by atoms with Crippen molar-refractivity contribution in [3.05, 3.63) is 28.8 Å². The van der Waals surface area contributed by atoms with Gasteiger partial charge in [0.15, 0.2) is 0 Å². The lowest BCUT2D eigenvalue weighted by atomic mass is 10.0. The maximum Gasteiger partial charge on any atom is 0.262 e. The fourth-order valence-corrected chi connectivity index (χ4v) is 2.49.